The van der Waals surface area contributed by atoms with Crippen molar-refractivity contribution >= 4 is 11.7 Å². The number of amides is 1. The van der Waals surface area contributed by atoms with Crippen LogP contribution in [-0.4, -0.2) is 63.3 Å². The Morgan fingerprint density at radius 3 is 2.90 bits per heavy atom. The van der Waals surface area contributed by atoms with E-state index in [9.17, 15) is 4.79 Å². The SMILES string of the molecule is CCOC(=O)N1CCN(Cc2cnn3cccnc23)CC1. The number of aromatic nitrogens is 3. The second-order valence-electron chi connectivity index (χ2n) is 5.02. The number of hydrogen-bond acceptors (Lipinski definition) is 5. The number of piperazine rings is 1. The molecular weight excluding hydrogens is 270 g/mol. The van der Waals surface area contributed by atoms with Gasteiger partial charge < -0.3 is 9.64 Å². The molecule has 7 nitrogen and oxygen atoms in total. The predicted octanol–water partition coefficient (Wildman–Crippen LogP) is 1.00. The Hall–Kier alpha value is -2.15. The van der Waals surface area contributed by atoms with E-state index in [2.05, 4.69) is 15.0 Å². The van der Waals surface area contributed by atoms with Gasteiger partial charge in [0.1, 0.15) is 0 Å². The fraction of sp³-hybridized carbons (Fsp3) is 0.500. The van der Waals surface area contributed by atoms with Gasteiger partial charge in [-0.25, -0.2) is 14.3 Å². The van der Waals surface area contributed by atoms with Gasteiger partial charge in [-0.3, -0.25) is 4.90 Å². The van der Waals surface area contributed by atoms with E-state index in [1.54, 1.807) is 15.6 Å². The minimum atomic E-state index is -0.213. The van der Waals surface area contributed by atoms with Crippen molar-refractivity contribution < 1.29 is 9.53 Å². The monoisotopic (exact) mass is 289 g/mol. The zero-order valence-corrected chi connectivity index (χ0v) is 12.1. The smallest absolute Gasteiger partial charge is 0.409 e. The Morgan fingerprint density at radius 2 is 2.14 bits per heavy atom. The lowest BCUT2D eigenvalue weighted by Gasteiger charge is -2.33. The van der Waals surface area contributed by atoms with Crippen molar-refractivity contribution in [2.75, 3.05) is 32.8 Å². The normalized spacial score (nSPS) is 16.3. The molecule has 1 aliphatic rings. The predicted molar refractivity (Wildman–Crippen MR) is 76.9 cm³/mol. The third-order valence-electron chi connectivity index (χ3n) is 3.64. The van der Waals surface area contributed by atoms with Gasteiger partial charge in [0.05, 0.1) is 12.8 Å². The molecule has 1 aliphatic heterocycles. The Balaban J connectivity index is 1.59. The van der Waals surface area contributed by atoms with Crippen LogP contribution in [0.3, 0.4) is 0 Å². The maximum absolute atomic E-state index is 11.7. The van der Waals surface area contributed by atoms with Crippen molar-refractivity contribution in [3.8, 4) is 0 Å². The summed E-state index contributed by atoms with van der Waals surface area (Å²) in [5.74, 6) is 0. The van der Waals surface area contributed by atoms with Crippen LogP contribution < -0.4 is 0 Å². The number of carbonyl (C=O) groups is 1. The minimum Gasteiger partial charge on any atom is -0.450 e. The Morgan fingerprint density at radius 1 is 1.33 bits per heavy atom. The second kappa shape index (κ2) is 6.09. The molecule has 21 heavy (non-hydrogen) atoms. The van der Waals surface area contributed by atoms with Crippen molar-refractivity contribution in [3.05, 3.63) is 30.2 Å². The van der Waals surface area contributed by atoms with E-state index in [4.69, 9.17) is 4.74 Å². The highest BCUT2D eigenvalue weighted by Gasteiger charge is 2.22. The number of ether oxygens (including phenoxy) is 1. The summed E-state index contributed by atoms with van der Waals surface area (Å²) in [7, 11) is 0. The number of fused-ring (bicyclic) bond motifs is 1. The minimum absolute atomic E-state index is 0.213. The average molecular weight is 289 g/mol. The van der Waals surface area contributed by atoms with Crippen LogP contribution in [0.4, 0.5) is 4.79 Å². The average Bonchev–Trinajstić information content (AvgIpc) is 2.92. The van der Waals surface area contributed by atoms with Crippen molar-refractivity contribution in [1.82, 2.24) is 24.4 Å². The first-order valence-corrected chi connectivity index (χ1v) is 7.19. The van der Waals surface area contributed by atoms with Crippen molar-refractivity contribution in [3.63, 3.8) is 0 Å². The molecule has 0 N–H and O–H groups in total. The van der Waals surface area contributed by atoms with Gasteiger partial charge in [-0.2, -0.15) is 5.10 Å². The molecule has 0 bridgehead atoms. The number of nitrogens with zero attached hydrogens (tertiary/aromatic N) is 5. The molecule has 0 aliphatic carbocycles. The van der Waals surface area contributed by atoms with Gasteiger partial charge in [0.25, 0.3) is 0 Å². The van der Waals surface area contributed by atoms with Crippen molar-refractivity contribution in [2.45, 2.75) is 13.5 Å². The molecule has 2 aromatic rings. The van der Waals surface area contributed by atoms with Crippen LogP contribution in [0.2, 0.25) is 0 Å². The molecule has 0 spiro atoms. The maximum atomic E-state index is 11.7. The van der Waals surface area contributed by atoms with Crippen LogP contribution in [0.15, 0.2) is 24.7 Å². The van der Waals surface area contributed by atoms with Gasteiger partial charge in [0, 0.05) is 50.7 Å². The molecule has 0 saturated carbocycles. The maximum Gasteiger partial charge on any atom is 0.409 e. The molecule has 7 heteroatoms. The third-order valence-corrected chi connectivity index (χ3v) is 3.64. The molecule has 3 rings (SSSR count). The summed E-state index contributed by atoms with van der Waals surface area (Å²) in [5.41, 5.74) is 2.01. The largest absolute Gasteiger partial charge is 0.450 e. The highest BCUT2D eigenvalue weighted by molar-refractivity contribution is 5.67. The lowest BCUT2D eigenvalue weighted by molar-refractivity contribution is 0.0779. The van der Waals surface area contributed by atoms with E-state index in [0.717, 1.165) is 30.8 Å². The first-order chi connectivity index (χ1) is 10.3. The molecule has 2 aromatic heterocycles. The van der Waals surface area contributed by atoms with E-state index in [-0.39, 0.29) is 6.09 Å². The molecule has 1 saturated heterocycles. The first kappa shape index (κ1) is 13.8. The fourth-order valence-electron chi connectivity index (χ4n) is 2.53. The lowest BCUT2D eigenvalue weighted by Crippen LogP contribution is -2.48. The van der Waals surface area contributed by atoms with Gasteiger partial charge in [0.2, 0.25) is 0 Å². The van der Waals surface area contributed by atoms with Crippen LogP contribution in [-0.2, 0) is 11.3 Å². The molecule has 0 unspecified atom stereocenters. The van der Waals surface area contributed by atoms with Crippen LogP contribution in [0.25, 0.3) is 5.65 Å². The van der Waals surface area contributed by atoms with E-state index in [1.807, 2.05) is 25.4 Å². The number of hydrogen-bond donors (Lipinski definition) is 0. The van der Waals surface area contributed by atoms with Crippen LogP contribution in [0.1, 0.15) is 12.5 Å². The molecule has 1 fully saturated rings. The third kappa shape index (κ3) is 2.97. The Labute approximate surface area is 123 Å². The van der Waals surface area contributed by atoms with Gasteiger partial charge in [-0.05, 0) is 13.0 Å². The summed E-state index contributed by atoms with van der Waals surface area (Å²) in [6.45, 7) is 6.12. The standard InChI is InChI=1S/C14H19N5O2/c1-2-21-14(20)18-8-6-17(7-9-18)11-12-10-16-19-5-3-4-15-13(12)19/h3-5,10H,2,6-9,11H2,1H3. The fourth-order valence-corrected chi connectivity index (χ4v) is 2.53. The van der Waals surface area contributed by atoms with Gasteiger partial charge in [-0.15, -0.1) is 0 Å². The molecule has 0 atom stereocenters. The highest BCUT2D eigenvalue weighted by Crippen LogP contribution is 2.12. The lowest BCUT2D eigenvalue weighted by atomic mass is 10.2. The highest BCUT2D eigenvalue weighted by atomic mass is 16.6. The quantitative estimate of drug-likeness (QED) is 0.843. The molecular formula is C14H19N5O2. The topological polar surface area (TPSA) is 63.0 Å². The molecule has 0 aromatic carbocycles. The van der Waals surface area contributed by atoms with Crippen LogP contribution in [0, 0.1) is 0 Å². The zero-order chi connectivity index (χ0) is 14.7. The van der Waals surface area contributed by atoms with Gasteiger partial charge in [-0.1, -0.05) is 0 Å². The summed E-state index contributed by atoms with van der Waals surface area (Å²) in [5, 5.41) is 4.29. The van der Waals surface area contributed by atoms with E-state index in [0.29, 0.717) is 19.7 Å². The first-order valence-electron chi connectivity index (χ1n) is 7.19. The summed E-state index contributed by atoms with van der Waals surface area (Å²) in [4.78, 5) is 20.1. The van der Waals surface area contributed by atoms with Crippen LogP contribution >= 0.6 is 0 Å². The number of rotatable bonds is 3. The molecule has 112 valence electrons. The summed E-state index contributed by atoms with van der Waals surface area (Å²) < 4.78 is 6.81. The van der Waals surface area contributed by atoms with Gasteiger partial charge >= 0.3 is 6.09 Å². The Bertz CT molecular complexity index is 619. The number of carbonyl (C=O) groups excluding carboxylic acids is 1. The molecule has 3 heterocycles. The summed E-state index contributed by atoms with van der Waals surface area (Å²) in [6.07, 6.45) is 5.32. The van der Waals surface area contributed by atoms with Crippen LogP contribution in [0.5, 0.6) is 0 Å². The summed E-state index contributed by atoms with van der Waals surface area (Å²) >= 11 is 0. The molecule has 1 amide bonds. The zero-order valence-electron chi connectivity index (χ0n) is 12.1. The van der Waals surface area contributed by atoms with Gasteiger partial charge in [0.15, 0.2) is 5.65 Å². The molecule has 0 radical (unpaired) electrons. The summed E-state index contributed by atoms with van der Waals surface area (Å²) in [6, 6.07) is 1.86. The van der Waals surface area contributed by atoms with E-state index in [1.165, 1.54) is 0 Å². The van der Waals surface area contributed by atoms with E-state index < -0.39 is 0 Å². The second-order valence-corrected chi connectivity index (χ2v) is 5.02. The Kier molecular flexibility index (Phi) is 4.01. The van der Waals surface area contributed by atoms with Crippen molar-refractivity contribution in [1.29, 1.82) is 0 Å². The van der Waals surface area contributed by atoms with Crippen molar-refractivity contribution in [2.24, 2.45) is 0 Å². The van der Waals surface area contributed by atoms with E-state index >= 15 is 0 Å².